The Kier molecular flexibility index (Phi) is 6.20. The van der Waals surface area contributed by atoms with E-state index in [0.717, 1.165) is 32.6 Å². The molecule has 0 saturated carbocycles. The first-order valence-electron chi connectivity index (χ1n) is 9.88. The molecule has 5 heteroatoms. The van der Waals surface area contributed by atoms with Crippen LogP contribution in [0, 0.1) is 11.8 Å². The lowest BCUT2D eigenvalue weighted by Gasteiger charge is -2.39. The fraction of sp³-hybridized carbons (Fsp3) is 0.667. The SMILES string of the molecule is CC1CC(C(=O)O)CN(Cc2ccccc2N(C)C2CCN(C)CC2)C1. The van der Waals surface area contributed by atoms with Gasteiger partial charge in [-0.2, -0.15) is 0 Å². The average Bonchev–Trinajstić information content (AvgIpc) is 2.62. The topological polar surface area (TPSA) is 47.0 Å². The molecule has 2 atom stereocenters. The van der Waals surface area contributed by atoms with Crippen LogP contribution < -0.4 is 4.90 Å². The molecule has 0 spiro atoms. The Labute approximate surface area is 157 Å². The lowest BCUT2D eigenvalue weighted by Crippen LogP contribution is -2.43. The highest BCUT2D eigenvalue weighted by molar-refractivity contribution is 5.70. The summed E-state index contributed by atoms with van der Waals surface area (Å²) in [5.74, 6) is -0.459. The number of para-hydroxylation sites is 1. The van der Waals surface area contributed by atoms with Gasteiger partial charge in [0.15, 0.2) is 0 Å². The van der Waals surface area contributed by atoms with Crippen LogP contribution >= 0.6 is 0 Å². The Morgan fingerprint density at radius 2 is 1.92 bits per heavy atom. The highest BCUT2D eigenvalue weighted by atomic mass is 16.4. The Hall–Kier alpha value is -1.59. The minimum Gasteiger partial charge on any atom is -0.481 e. The Bertz CT molecular complexity index is 613. The Morgan fingerprint density at radius 3 is 2.62 bits per heavy atom. The van der Waals surface area contributed by atoms with Crippen LogP contribution in [0.15, 0.2) is 24.3 Å². The van der Waals surface area contributed by atoms with Crippen LogP contribution in [0.4, 0.5) is 5.69 Å². The first-order chi connectivity index (χ1) is 12.4. The fourth-order valence-electron chi connectivity index (χ4n) is 4.58. The molecule has 2 saturated heterocycles. The molecule has 1 aromatic rings. The van der Waals surface area contributed by atoms with Crippen LogP contribution in [0.1, 0.15) is 31.7 Å². The molecule has 144 valence electrons. The molecular weight excluding hydrogens is 326 g/mol. The lowest BCUT2D eigenvalue weighted by atomic mass is 9.90. The minimum absolute atomic E-state index is 0.238. The second-order valence-corrected chi connectivity index (χ2v) is 8.34. The van der Waals surface area contributed by atoms with Gasteiger partial charge in [-0.15, -0.1) is 0 Å². The van der Waals surface area contributed by atoms with Gasteiger partial charge in [-0.25, -0.2) is 0 Å². The second-order valence-electron chi connectivity index (χ2n) is 8.34. The zero-order chi connectivity index (χ0) is 18.7. The van der Waals surface area contributed by atoms with Crippen molar-refractivity contribution >= 4 is 11.7 Å². The number of hydrogen-bond donors (Lipinski definition) is 1. The predicted octanol–water partition coefficient (Wildman–Crippen LogP) is 2.76. The smallest absolute Gasteiger partial charge is 0.307 e. The molecule has 5 nitrogen and oxygen atoms in total. The van der Waals surface area contributed by atoms with Gasteiger partial charge >= 0.3 is 5.97 Å². The van der Waals surface area contributed by atoms with Crippen molar-refractivity contribution in [3.63, 3.8) is 0 Å². The van der Waals surface area contributed by atoms with Gasteiger partial charge in [0.1, 0.15) is 0 Å². The van der Waals surface area contributed by atoms with Gasteiger partial charge in [-0.1, -0.05) is 25.1 Å². The number of carboxylic acid groups (broad SMARTS) is 1. The van der Waals surface area contributed by atoms with Gasteiger partial charge in [0.05, 0.1) is 5.92 Å². The highest BCUT2D eigenvalue weighted by Crippen LogP contribution is 2.29. The van der Waals surface area contributed by atoms with E-state index in [4.69, 9.17) is 0 Å². The maximum Gasteiger partial charge on any atom is 0.307 e. The van der Waals surface area contributed by atoms with Crippen molar-refractivity contribution < 1.29 is 9.90 Å². The zero-order valence-corrected chi connectivity index (χ0v) is 16.4. The fourth-order valence-corrected chi connectivity index (χ4v) is 4.58. The molecule has 3 rings (SSSR count). The number of benzene rings is 1. The van der Waals surface area contributed by atoms with Crippen molar-refractivity contribution in [3.05, 3.63) is 29.8 Å². The number of piperidine rings is 2. The summed E-state index contributed by atoms with van der Waals surface area (Å²) in [4.78, 5) is 18.6. The van der Waals surface area contributed by atoms with E-state index in [1.54, 1.807) is 0 Å². The van der Waals surface area contributed by atoms with Crippen LogP contribution in [0.3, 0.4) is 0 Å². The molecule has 2 heterocycles. The number of rotatable bonds is 5. The van der Waals surface area contributed by atoms with Crippen molar-refractivity contribution in [1.29, 1.82) is 0 Å². The van der Waals surface area contributed by atoms with Crippen molar-refractivity contribution in [3.8, 4) is 0 Å². The molecule has 0 radical (unpaired) electrons. The molecule has 0 bridgehead atoms. The lowest BCUT2D eigenvalue weighted by molar-refractivity contribution is -0.144. The van der Waals surface area contributed by atoms with E-state index < -0.39 is 5.97 Å². The van der Waals surface area contributed by atoms with Crippen molar-refractivity contribution in [2.24, 2.45) is 11.8 Å². The van der Waals surface area contributed by atoms with Crippen LogP contribution in [-0.4, -0.2) is 67.2 Å². The Balaban J connectivity index is 1.71. The minimum atomic E-state index is -0.654. The van der Waals surface area contributed by atoms with Gasteiger partial charge < -0.3 is 14.9 Å². The summed E-state index contributed by atoms with van der Waals surface area (Å²) < 4.78 is 0. The van der Waals surface area contributed by atoms with Crippen molar-refractivity contribution in [2.75, 3.05) is 45.2 Å². The maximum atomic E-state index is 11.5. The first-order valence-corrected chi connectivity index (χ1v) is 9.88. The summed E-state index contributed by atoms with van der Waals surface area (Å²) in [5.41, 5.74) is 2.61. The number of likely N-dealkylation sites (tertiary alicyclic amines) is 2. The molecule has 0 aromatic heterocycles. The second kappa shape index (κ2) is 8.40. The molecule has 2 unspecified atom stereocenters. The van der Waals surface area contributed by atoms with E-state index in [2.05, 4.69) is 60.0 Å². The number of aliphatic carboxylic acids is 1. The number of nitrogens with zero attached hydrogens (tertiary/aromatic N) is 3. The van der Waals surface area contributed by atoms with Gasteiger partial charge in [-0.05, 0) is 56.9 Å². The number of hydrogen-bond acceptors (Lipinski definition) is 4. The van der Waals surface area contributed by atoms with E-state index in [0.29, 0.717) is 18.5 Å². The molecule has 2 aliphatic heterocycles. The van der Waals surface area contributed by atoms with E-state index in [9.17, 15) is 9.90 Å². The van der Waals surface area contributed by atoms with Gasteiger partial charge in [0.25, 0.3) is 0 Å². The summed E-state index contributed by atoms with van der Waals surface area (Å²) in [7, 11) is 4.41. The van der Waals surface area contributed by atoms with Gasteiger partial charge in [0, 0.05) is 38.4 Å². The zero-order valence-electron chi connectivity index (χ0n) is 16.4. The summed E-state index contributed by atoms with van der Waals surface area (Å²) in [5, 5.41) is 9.44. The van der Waals surface area contributed by atoms with Crippen LogP contribution in [-0.2, 0) is 11.3 Å². The molecule has 0 aliphatic carbocycles. The van der Waals surface area contributed by atoms with E-state index in [1.807, 2.05) is 0 Å². The largest absolute Gasteiger partial charge is 0.481 e. The maximum absolute atomic E-state index is 11.5. The molecule has 26 heavy (non-hydrogen) atoms. The number of carboxylic acids is 1. The van der Waals surface area contributed by atoms with Crippen LogP contribution in [0.5, 0.6) is 0 Å². The van der Waals surface area contributed by atoms with Crippen molar-refractivity contribution in [2.45, 2.75) is 38.8 Å². The summed E-state index contributed by atoms with van der Waals surface area (Å²) in [6.07, 6.45) is 3.19. The monoisotopic (exact) mass is 359 g/mol. The quantitative estimate of drug-likeness (QED) is 0.876. The van der Waals surface area contributed by atoms with Crippen molar-refractivity contribution in [1.82, 2.24) is 9.80 Å². The van der Waals surface area contributed by atoms with Crippen LogP contribution in [0.2, 0.25) is 0 Å². The average molecular weight is 360 g/mol. The van der Waals surface area contributed by atoms with Gasteiger partial charge in [0.2, 0.25) is 0 Å². The predicted molar refractivity (Wildman–Crippen MR) is 106 cm³/mol. The highest BCUT2D eigenvalue weighted by Gasteiger charge is 2.30. The molecule has 2 aliphatic rings. The molecule has 0 amide bonds. The van der Waals surface area contributed by atoms with E-state index in [1.165, 1.54) is 24.1 Å². The summed E-state index contributed by atoms with van der Waals surface area (Å²) in [6, 6.07) is 9.22. The molecule has 1 N–H and O–H groups in total. The molecule has 2 fully saturated rings. The van der Waals surface area contributed by atoms with Gasteiger partial charge in [-0.3, -0.25) is 9.69 Å². The van der Waals surface area contributed by atoms with E-state index in [-0.39, 0.29) is 5.92 Å². The van der Waals surface area contributed by atoms with E-state index >= 15 is 0 Å². The normalized spacial score (nSPS) is 26.0. The third kappa shape index (κ3) is 4.57. The van der Waals surface area contributed by atoms with Crippen LogP contribution in [0.25, 0.3) is 0 Å². The first kappa shape index (κ1) is 19.2. The molecular formula is C21H33N3O2. The molecule has 1 aromatic carbocycles. The Morgan fingerprint density at radius 1 is 1.23 bits per heavy atom. The standard InChI is InChI=1S/C21H33N3O2/c1-16-12-18(21(25)26)15-24(13-16)14-17-6-4-5-7-20(17)23(3)19-8-10-22(2)11-9-19/h4-7,16,18-19H,8-15H2,1-3H3,(H,25,26). The third-order valence-corrected chi connectivity index (χ3v) is 6.09. The summed E-state index contributed by atoms with van der Waals surface area (Å²) in [6.45, 7) is 6.95. The number of carbonyl (C=O) groups is 1. The number of anilines is 1. The third-order valence-electron chi connectivity index (χ3n) is 6.09. The summed E-state index contributed by atoms with van der Waals surface area (Å²) >= 11 is 0.